The molecular formula is C14H19NO3. The van der Waals surface area contributed by atoms with Crippen molar-refractivity contribution in [1.29, 1.82) is 0 Å². The lowest BCUT2D eigenvalue weighted by Crippen LogP contribution is -2.12. The summed E-state index contributed by atoms with van der Waals surface area (Å²) >= 11 is 0. The third-order valence-corrected chi connectivity index (χ3v) is 2.63. The largest absolute Gasteiger partial charge is 0.508 e. The zero-order chi connectivity index (χ0) is 13.4. The first-order chi connectivity index (χ1) is 8.63. The molecular weight excluding hydrogens is 230 g/mol. The first-order valence-corrected chi connectivity index (χ1v) is 6.16. The van der Waals surface area contributed by atoms with Gasteiger partial charge in [0.05, 0.1) is 12.1 Å². The van der Waals surface area contributed by atoms with Crippen LogP contribution >= 0.6 is 0 Å². The molecule has 0 saturated heterocycles. The number of phenols is 1. The molecule has 0 heterocycles. The zero-order valence-corrected chi connectivity index (χ0v) is 10.8. The average molecular weight is 249 g/mol. The van der Waals surface area contributed by atoms with Gasteiger partial charge in [-0.15, -0.1) is 0 Å². The number of benzene rings is 1. The normalized spacial score (nSPS) is 12.6. The van der Waals surface area contributed by atoms with Gasteiger partial charge in [0.15, 0.2) is 0 Å². The summed E-state index contributed by atoms with van der Waals surface area (Å²) in [6.07, 6.45) is 4.35. The van der Waals surface area contributed by atoms with Crippen LogP contribution in [0.5, 0.6) is 5.75 Å². The van der Waals surface area contributed by atoms with Crippen LogP contribution in [-0.4, -0.2) is 17.3 Å². The van der Waals surface area contributed by atoms with Gasteiger partial charge in [0.25, 0.3) is 0 Å². The second kappa shape index (κ2) is 7.48. The molecule has 0 aliphatic rings. The minimum Gasteiger partial charge on any atom is -0.508 e. The quantitative estimate of drug-likeness (QED) is 0.479. The van der Waals surface area contributed by atoms with Gasteiger partial charge in [-0.05, 0) is 36.2 Å². The van der Waals surface area contributed by atoms with E-state index in [-0.39, 0.29) is 17.6 Å². The van der Waals surface area contributed by atoms with Gasteiger partial charge < -0.3 is 9.94 Å². The fraction of sp³-hybridized carbons (Fsp3) is 0.429. The summed E-state index contributed by atoms with van der Waals surface area (Å²) in [4.78, 5) is 16.3. The van der Waals surface area contributed by atoms with Crippen molar-refractivity contribution >= 4 is 12.2 Å². The molecule has 98 valence electrons. The summed E-state index contributed by atoms with van der Waals surface area (Å²) in [5.74, 6) is -0.238. The van der Waals surface area contributed by atoms with E-state index in [1.54, 1.807) is 24.3 Å². The van der Waals surface area contributed by atoms with Gasteiger partial charge >= 0.3 is 5.97 Å². The third-order valence-electron chi connectivity index (χ3n) is 2.63. The fourth-order valence-corrected chi connectivity index (χ4v) is 1.42. The highest BCUT2D eigenvalue weighted by atomic mass is 16.7. The maximum Gasteiger partial charge on any atom is 0.337 e. The van der Waals surface area contributed by atoms with Crippen LogP contribution in [0.1, 0.15) is 38.7 Å². The predicted molar refractivity (Wildman–Crippen MR) is 70.5 cm³/mol. The Kier molecular flexibility index (Phi) is 5.91. The minimum atomic E-state index is -0.307. The van der Waals surface area contributed by atoms with E-state index < -0.39 is 0 Å². The molecule has 1 aromatic carbocycles. The molecule has 1 aromatic rings. The molecule has 0 aliphatic carbocycles. The van der Waals surface area contributed by atoms with Gasteiger partial charge in [-0.2, -0.15) is 0 Å². The van der Waals surface area contributed by atoms with Crippen LogP contribution in [-0.2, 0) is 9.63 Å². The van der Waals surface area contributed by atoms with E-state index in [0.29, 0.717) is 0 Å². The van der Waals surface area contributed by atoms with Crippen molar-refractivity contribution in [3.63, 3.8) is 0 Å². The lowest BCUT2D eigenvalue weighted by molar-refractivity contribution is -0.148. The first kappa shape index (κ1) is 14.2. The molecule has 0 spiro atoms. The second-order valence-electron chi connectivity index (χ2n) is 4.28. The Balaban J connectivity index is 2.39. The highest BCUT2D eigenvalue weighted by Crippen LogP contribution is 2.10. The van der Waals surface area contributed by atoms with Crippen molar-refractivity contribution in [3.8, 4) is 5.75 Å². The van der Waals surface area contributed by atoms with E-state index in [0.717, 1.165) is 24.8 Å². The summed E-state index contributed by atoms with van der Waals surface area (Å²) in [6.45, 7) is 3.93. The Hall–Kier alpha value is -1.84. The van der Waals surface area contributed by atoms with Gasteiger partial charge in [0.2, 0.25) is 0 Å². The van der Waals surface area contributed by atoms with E-state index in [1.165, 1.54) is 6.21 Å². The Labute approximate surface area is 107 Å². The summed E-state index contributed by atoms with van der Waals surface area (Å²) < 4.78 is 0. The number of nitrogens with zero attached hydrogens (tertiary/aromatic N) is 1. The lowest BCUT2D eigenvalue weighted by atomic mass is 10.1. The minimum absolute atomic E-state index is 0.123. The predicted octanol–water partition coefficient (Wildman–Crippen LogP) is 3.10. The Morgan fingerprint density at radius 2 is 2.11 bits per heavy atom. The topological polar surface area (TPSA) is 58.9 Å². The van der Waals surface area contributed by atoms with Crippen molar-refractivity contribution in [2.24, 2.45) is 11.1 Å². The molecule has 1 N–H and O–H groups in total. The molecule has 0 fully saturated rings. The molecule has 0 amide bonds. The monoisotopic (exact) mass is 249 g/mol. The number of unbranched alkanes of at least 4 members (excludes halogenated alkanes) is 1. The summed E-state index contributed by atoms with van der Waals surface area (Å²) in [5.41, 5.74) is 0.766. The van der Waals surface area contributed by atoms with Gasteiger partial charge in [0, 0.05) is 0 Å². The number of oxime groups is 1. The van der Waals surface area contributed by atoms with Crippen LogP contribution < -0.4 is 0 Å². The number of hydrogen-bond donors (Lipinski definition) is 1. The van der Waals surface area contributed by atoms with Crippen molar-refractivity contribution in [2.75, 3.05) is 0 Å². The van der Waals surface area contributed by atoms with Crippen LogP contribution in [0.2, 0.25) is 0 Å². The maximum absolute atomic E-state index is 11.5. The Bertz CT molecular complexity index is 398. The number of rotatable bonds is 6. The number of carbonyl (C=O) groups excluding carboxylic acids is 1. The first-order valence-electron chi connectivity index (χ1n) is 6.16. The second-order valence-corrected chi connectivity index (χ2v) is 4.28. The van der Waals surface area contributed by atoms with Crippen molar-refractivity contribution in [3.05, 3.63) is 29.8 Å². The average Bonchev–Trinajstić information content (AvgIpc) is 2.38. The Morgan fingerprint density at radius 1 is 1.44 bits per heavy atom. The van der Waals surface area contributed by atoms with Gasteiger partial charge in [0.1, 0.15) is 5.75 Å². The SMILES string of the molecule is CCCCC(C)C(=O)O/N=C/c1ccc(O)cc1. The van der Waals surface area contributed by atoms with Crippen LogP contribution in [0.4, 0.5) is 0 Å². The smallest absolute Gasteiger partial charge is 0.337 e. The number of aromatic hydroxyl groups is 1. The summed E-state index contributed by atoms with van der Waals surface area (Å²) in [6, 6.07) is 6.47. The summed E-state index contributed by atoms with van der Waals surface area (Å²) in [7, 11) is 0. The number of carbonyl (C=O) groups is 1. The van der Waals surface area contributed by atoms with Gasteiger partial charge in [-0.25, -0.2) is 4.79 Å². The van der Waals surface area contributed by atoms with E-state index in [2.05, 4.69) is 12.1 Å². The molecule has 0 saturated carbocycles. The van der Waals surface area contributed by atoms with Crippen LogP contribution in [0.15, 0.2) is 29.4 Å². The van der Waals surface area contributed by atoms with Crippen molar-refractivity contribution < 1.29 is 14.7 Å². The van der Waals surface area contributed by atoms with Crippen LogP contribution in [0, 0.1) is 5.92 Å². The van der Waals surface area contributed by atoms with Crippen LogP contribution in [0.3, 0.4) is 0 Å². The maximum atomic E-state index is 11.5. The standard InChI is InChI=1S/C14H19NO3/c1-3-4-5-11(2)14(17)18-15-10-12-6-8-13(16)9-7-12/h6-11,16H,3-5H2,1-2H3/b15-10+. The van der Waals surface area contributed by atoms with E-state index in [9.17, 15) is 4.79 Å². The molecule has 4 nitrogen and oxygen atoms in total. The Morgan fingerprint density at radius 3 is 2.72 bits per heavy atom. The third kappa shape index (κ3) is 4.99. The molecule has 0 aromatic heterocycles. The summed E-state index contributed by atoms with van der Waals surface area (Å²) in [5, 5.41) is 12.7. The van der Waals surface area contributed by atoms with Gasteiger partial charge in [-0.3, -0.25) is 0 Å². The van der Waals surface area contributed by atoms with Crippen LogP contribution in [0.25, 0.3) is 0 Å². The highest BCUT2D eigenvalue weighted by molar-refractivity contribution is 5.80. The number of hydrogen-bond acceptors (Lipinski definition) is 4. The van der Waals surface area contributed by atoms with E-state index >= 15 is 0 Å². The van der Waals surface area contributed by atoms with Crippen molar-refractivity contribution in [2.45, 2.75) is 33.1 Å². The molecule has 0 aliphatic heterocycles. The molecule has 1 rings (SSSR count). The molecule has 1 unspecified atom stereocenters. The fourth-order valence-electron chi connectivity index (χ4n) is 1.42. The lowest BCUT2D eigenvalue weighted by Gasteiger charge is -2.06. The highest BCUT2D eigenvalue weighted by Gasteiger charge is 2.13. The molecule has 1 atom stereocenters. The molecule has 0 radical (unpaired) electrons. The zero-order valence-electron chi connectivity index (χ0n) is 10.8. The van der Waals surface area contributed by atoms with Gasteiger partial charge in [-0.1, -0.05) is 31.8 Å². The van der Waals surface area contributed by atoms with Crippen molar-refractivity contribution in [1.82, 2.24) is 0 Å². The molecule has 0 bridgehead atoms. The molecule has 4 heteroatoms. The van der Waals surface area contributed by atoms with E-state index in [4.69, 9.17) is 9.94 Å². The molecule has 18 heavy (non-hydrogen) atoms. The van der Waals surface area contributed by atoms with E-state index in [1.807, 2.05) is 6.92 Å². The number of phenolic OH excluding ortho intramolecular Hbond substituents is 1.